The Hall–Kier alpha value is -8.22. The predicted molar refractivity (Wildman–Crippen MR) is 244 cm³/mol. The monoisotopic (exact) mass is 767 g/mol. The highest BCUT2D eigenvalue weighted by Gasteiger charge is 2.23. The summed E-state index contributed by atoms with van der Waals surface area (Å²) in [4.78, 5) is 20.4. The fourth-order valence-electron chi connectivity index (χ4n) is 8.79. The first-order chi connectivity index (χ1) is 29.8. The largest absolute Gasteiger partial charge is 0.456 e. The quantitative estimate of drug-likeness (QED) is 0.158. The SMILES string of the molecule is c1ccc(-c2nc(-c3ccccc3)nc(-c3cccc4oc5ccc(-c6c7ccccc7c(-n7c(-c8ccccc8)nc8ccccc87)c7ccccc67)cc5c34)n2)cc1. The summed E-state index contributed by atoms with van der Waals surface area (Å²) in [5.74, 6) is 2.72. The molecule has 0 aliphatic heterocycles. The molecule has 0 saturated carbocycles. The lowest BCUT2D eigenvalue weighted by Gasteiger charge is -2.20. The second kappa shape index (κ2) is 13.7. The standard InChI is InChI=1S/C54H33N5O/c1-4-17-34(18-5-1)51-56-52(35-19-6-2-7-20-35)58-53(57-51)42-27-16-30-47-49(42)43-33-37(31-32-46(43)60-47)48-38-23-10-12-25-40(38)50(41-26-13-11-24-39(41)48)59-45-29-15-14-28-44(45)55-54(59)36-21-8-3-9-22-36/h1-33H. The Balaban J connectivity index is 1.11. The lowest BCUT2D eigenvalue weighted by atomic mass is 9.89. The summed E-state index contributed by atoms with van der Waals surface area (Å²) >= 11 is 0. The van der Waals surface area contributed by atoms with Crippen LogP contribution in [-0.2, 0) is 0 Å². The maximum absolute atomic E-state index is 6.59. The van der Waals surface area contributed by atoms with Gasteiger partial charge >= 0.3 is 0 Å². The zero-order chi connectivity index (χ0) is 39.6. The van der Waals surface area contributed by atoms with Crippen molar-refractivity contribution in [1.82, 2.24) is 24.5 Å². The van der Waals surface area contributed by atoms with Crippen molar-refractivity contribution in [3.05, 3.63) is 200 Å². The average Bonchev–Trinajstić information content (AvgIpc) is 3.90. The van der Waals surface area contributed by atoms with Crippen molar-refractivity contribution in [2.45, 2.75) is 0 Å². The van der Waals surface area contributed by atoms with Gasteiger partial charge in [0.15, 0.2) is 17.5 Å². The van der Waals surface area contributed by atoms with Crippen molar-refractivity contribution >= 4 is 54.5 Å². The van der Waals surface area contributed by atoms with Crippen molar-refractivity contribution in [2.75, 3.05) is 0 Å². The minimum atomic E-state index is 0.587. The Morgan fingerprint density at radius 3 is 1.57 bits per heavy atom. The summed E-state index contributed by atoms with van der Waals surface area (Å²) in [5.41, 5.74) is 10.7. The molecule has 0 bridgehead atoms. The van der Waals surface area contributed by atoms with Crippen LogP contribution in [0.2, 0.25) is 0 Å². The van der Waals surface area contributed by atoms with Gasteiger partial charge in [0.05, 0.1) is 16.7 Å². The number of rotatable bonds is 6. The van der Waals surface area contributed by atoms with Crippen molar-refractivity contribution in [3.8, 4) is 62.4 Å². The number of fused-ring (bicyclic) bond motifs is 6. The Morgan fingerprint density at radius 2 is 0.917 bits per heavy atom. The average molecular weight is 768 g/mol. The molecule has 3 heterocycles. The number of benzene rings is 9. The van der Waals surface area contributed by atoms with Gasteiger partial charge in [-0.3, -0.25) is 4.57 Å². The van der Waals surface area contributed by atoms with Crippen LogP contribution >= 0.6 is 0 Å². The van der Waals surface area contributed by atoms with Crippen LogP contribution in [-0.4, -0.2) is 24.5 Å². The number of para-hydroxylation sites is 2. The van der Waals surface area contributed by atoms with Gasteiger partial charge in [0.2, 0.25) is 0 Å². The van der Waals surface area contributed by atoms with E-state index in [-0.39, 0.29) is 0 Å². The maximum atomic E-state index is 6.59. The van der Waals surface area contributed by atoms with Gasteiger partial charge in [-0.1, -0.05) is 170 Å². The number of imidazole rings is 1. The third kappa shape index (κ3) is 5.42. The van der Waals surface area contributed by atoms with Crippen LogP contribution in [0.3, 0.4) is 0 Å². The van der Waals surface area contributed by atoms with Gasteiger partial charge in [0.1, 0.15) is 17.0 Å². The highest BCUT2D eigenvalue weighted by atomic mass is 16.3. The van der Waals surface area contributed by atoms with Gasteiger partial charge in [-0.25, -0.2) is 19.9 Å². The van der Waals surface area contributed by atoms with E-state index in [4.69, 9.17) is 24.4 Å². The molecule has 12 aromatic rings. The van der Waals surface area contributed by atoms with E-state index < -0.39 is 0 Å². The van der Waals surface area contributed by atoms with Gasteiger partial charge in [-0.2, -0.15) is 0 Å². The zero-order valence-corrected chi connectivity index (χ0v) is 32.2. The van der Waals surface area contributed by atoms with Gasteiger partial charge < -0.3 is 4.42 Å². The first-order valence-electron chi connectivity index (χ1n) is 20.1. The molecule has 0 radical (unpaired) electrons. The zero-order valence-electron chi connectivity index (χ0n) is 32.2. The van der Waals surface area contributed by atoms with Crippen molar-refractivity contribution in [3.63, 3.8) is 0 Å². The van der Waals surface area contributed by atoms with Crippen LogP contribution in [0.25, 0.3) is 117 Å². The summed E-state index contributed by atoms with van der Waals surface area (Å²) in [5, 5.41) is 6.51. The molecule has 9 aromatic carbocycles. The van der Waals surface area contributed by atoms with Crippen molar-refractivity contribution in [2.24, 2.45) is 0 Å². The van der Waals surface area contributed by atoms with Crippen LogP contribution in [0.15, 0.2) is 205 Å². The Labute approximate surface area is 344 Å². The summed E-state index contributed by atoms with van der Waals surface area (Å²) in [6, 6.07) is 69.2. The highest BCUT2D eigenvalue weighted by molar-refractivity contribution is 6.20. The van der Waals surface area contributed by atoms with Crippen LogP contribution in [0.4, 0.5) is 0 Å². The predicted octanol–water partition coefficient (Wildman–Crippen LogP) is 13.8. The molecule has 12 rings (SSSR count). The molecule has 0 N–H and O–H groups in total. The van der Waals surface area contributed by atoms with E-state index in [1.54, 1.807) is 0 Å². The second-order valence-corrected chi connectivity index (χ2v) is 15.0. The van der Waals surface area contributed by atoms with E-state index in [9.17, 15) is 0 Å². The van der Waals surface area contributed by atoms with E-state index in [1.165, 1.54) is 0 Å². The molecule has 0 aliphatic carbocycles. The number of hydrogen-bond donors (Lipinski definition) is 0. The number of furan rings is 1. The fourth-order valence-corrected chi connectivity index (χ4v) is 8.79. The van der Waals surface area contributed by atoms with Gasteiger partial charge in [-0.05, 0) is 52.2 Å². The normalized spacial score (nSPS) is 11.7. The highest BCUT2D eigenvalue weighted by Crippen LogP contribution is 2.45. The first kappa shape index (κ1) is 33.9. The third-order valence-corrected chi connectivity index (χ3v) is 11.4. The molecule has 60 heavy (non-hydrogen) atoms. The number of aromatic nitrogens is 5. The van der Waals surface area contributed by atoms with Crippen molar-refractivity contribution in [1.29, 1.82) is 0 Å². The Kier molecular flexibility index (Phi) is 7.74. The molecule has 0 fully saturated rings. The molecule has 0 saturated heterocycles. The lowest BCUT2D eigenvalue weighted by molar-refractivity contribution is 0.669. The number of nitrogens with zero attached hydrogens (tertiary/aromatic N) is 5. The Bertz CT molecular complexity index is 3480. The van der Waals surface area contributed by atoms with Crippen LogP contribution in [0.5, 0.6) is 0 Å². The summed E-state index contributed by atoms with van der Waals surface area (Å²) in [6.07, 6.45) is 0. The molecule has 280 valence electrons. The maximum Gasteiger partial charge on any atom is 0.164 e. The van der Waals surface area contributed by atoms with E-state index in [0.29, 0.717) is 17.5 Å². The summed E-state index contributed by atoms with van der Waals surface area (Å²) in [7, 11) is 0. The molecular formula is C54H33N5O. The van der Waals surface area contributed by atoms with E-state index in [1.807, 2.05) is 78.9 Å². The van der Waals surface area contributed by atoms with Crippen LogP contribution in [0.1, 0.15) is 0 Å². The molecule has 0 atom stereocenters. The molecule has 0 spiro atoms. The van der Waals surface area contributed by atoms with Gasteiger partial charge in [-0.15, -0.1) is 0 Å². The molecule has 0 unspecified atom stereocenters. The van der Waals surface area contributed by atoms with E-state index in [0.717, 1.165) is 99.4 Å². The fraction of sp³-hybridized carbons (Fsp3) is 0. The van der Waals surface area contributed by atoms with Crippen LogP contribution < -0.4 is 0 Å². The minimum Gasteiger partial charge on any atom is -0.456 e. The summed E-state index contributed by atoms with van der Waals surface area (Å²) < 4.78 is 8.94. The molecule has 0 amide bonds. The molecule has 3 aromatic heterocycles. The van der Waals surface area contributed by atoms with Gasteiger partial charge in [0, 0.05) is 43.8 Å². The topological polar surface area (TPSA) is 69.6 Å². The van der Waals surface area contributed by atoms with E-state index in [2.05, 4.69) is 126 Å². The minimum absolute atomic E-state index is 0.587. The second-order valence-electron chi connectivity index (χ2n) is 15.0. The summed E-state index contributed by atoms with van der Waals surface area (Å²) in [6.45, 7) is 0. The Morgan fingerprint density at radius 1 is 0.367 bits per heavy atom. The molecular weight excluding hydrogens is 735 g/mol. The van der Waals surface area contributed by atoms with Gasteiger partial charge in [0.25, 0.3) is 0 Å². The molecule has 6 nitrogen and oxygen atoms in total. The third-order valence-electron chi connectivity index (χ3n) is 11.4. The lowest BCUT2D eigenvalue weighted by Crippen LogP contribution is -2.01. The van der Waals surface area contributed by atoms with Crippen molar-refractivity contribution < 1.29 is 4.42 Å². The molecule has 0 aliphatic rings. The van der Waals surface area contributed by atoms with E-state index >= 15 is 0 Å². The number of hydrogen-bond acceptors (Lipinski definition) is 5. The smallest absolute Gasteiger partial charge is 0.164 e. The molecule has 6 heteroatoms. The first-order valence-corrected chi connectivity index (χ1v) is 20.1. The van der Waals surface area contributed by atoms with Crippen LogP contribution in [0, 0.1) is 0 Å².